The van der Waals surface area contributed by atoms with E-state index in [4.69, 9.17) is 37.7 Å². The quantitative estimate of drug-likeness (QED) is 0.0629. The Morgan fingerprint density at radius 2 is 1.75 bits per heavy atom. The molecule has 1 saturated heterocycles. The van der Waals surface area contributed by atoms with Crippen molar-refractivity contribution in [3.63, 3.8) is 0 Å². The van der Waals surface area contributed by atoms with E-state index in [1.807, 2.05) is 0 Å². The van der Waals surface area contributed by atoms with Gasteiger partial charge in [-0.3, -0.25) is 4.79 Å². The topological polar surface area (TPSA) is 194 Å². The number of rotatable bonds is 13. The van der Waals surface area contributed by atoms with Crippen LogP contribution in [-0.2, 0) is 33.6 Å². The third kappa shape index (κ3) is 9.92. The van der Waals surface area contributed by atoms with Crippen LogP contribution in [0.4, 0.5) is 27.6 Å². The van der Waals surface area contributed by atoms with Gasteiger partial charge in [-0.05, 0) is 48.4 Å². The number of phosphoric ester groups is 1. The number of ether oxygens (including phenoxy) is 3. The number of methoxy groups -OCH3 is 1. The summed E-state index contributed by atoms with van der Waals surface area (Å²) in [5, 5.41) is 16.1. The Bertz CT molecular complexity index is 2060. The fourth-order valence-electron chi connectivity index (χ4n) is 6.26. The van der Waals surface area contributed by atoms with E-state index in [2.05, 4.69) is 30.7 Å². The van der Waals surface area contributed by atoms with E-state index in [9.17, 15) is 37.4 Å². The lowest BCUT2D eigenvalue weighted by atomic mass is 9.62. The average Bonchev–Trinajstić information content (AvgIpc) is 3.40. The molecule has 4 atom stereocenters. The summed E-state index contributed by atoms with van der Waals surface area (Å²) in [4.78, 5) is 56.0. The van der Waals surface area contributed by atoms with Gasteiger partial charge < -0.3 is 34.6 Å². The third-order valence-corrected chi connectivity index (χ3v) is 9.57. The van der Waals surface area contributed by atoms with Gasteiger partial charge in [0.05, 0.1) is 42.1 Å². The molecule has 21 heteroatoms. The number of anilines is 1. The summed E-state index contributed by atoms with van der Waals surface area (Å²) in [6.45, 7) is 0.864. The smallest absolute Gasteiger partial charge is 0.490 e. The van der Waals surface area contributed by atoms with Crippen LogP contribution >= 0.6 is 31.0 Å². The molecule has 0 spiro atoms. The van der Waals surface area contributed by atoms with E-state index in [-0.39, 0.29) is 39.6 Å². The molecule has 1 amide bonds. The van der Waals surface area contributed by atoms with Crippen molar-refractivity contribution in [1.82, 2.24) is 5.32 Å². The van der Waals surface area contributed by atoms with Gasteiger partial charge in [-0.15, -0.1) is 0 Å². The molecular weight excluding hydrogens is 807 g/mol. The SMILES string of the molecule is COc1cc(C(=O)OCOP(=O)(O)O)ccc1NC(=O)C1NC(CC(C)(C)COC(=O)C(F)(F)F)C(C#N)(c2ccc(Cl)cc2F)C1c1cccc(Cl)c1F. The van der Waals surface area contributed by atoms with E-state index in [0.29, 0.717) is 0 Å². The maximum absolute atomic E-state index is 16.1. The molecule has 0 aromatic heterocycles. The number of esters is 2. The second kappa shape index (κ2) is 16.8. The lowest BCUT2D eigenvalue weighted by Crippen LogP contribution is -2.46. The molecule has 0 radical (unpaired) electrons. The third-order valence-electron chi connectivity index (χ3n) is 8.60. The van der Waals surface area contributed by atoms with Crippen molar-refractivity contribution in [2.45, 2.75) is 49.9 Å². The normalized spacial score (nSPS) is 20.0. The van der Waals surface area contributed by atoms with Crippen LogP contribution in [0.15, 0.2) is 54.6 Å². The highest BCUT2D eigenvalue weighted by atomic mass is 35.5. The van der Waals surface area contributed by atoms with Crippen molar-refractivity contribution in [2.24, 2.45) is 5.41 Å². The van der Waals surface area contributed by atoms with Gasteiger partial charge >= 0.3 is 25.9 Å². The number of alkyl halides is 3. The lowest BCUT2D eigenvalue weighted by molar-refractivity contribution is -0.202. The van der Waals surface area contributed by atoms with E-state index in [1.54, 1.807) is 0 Å². The predicted molar refractivity (Wildman–Crippen MR) is 184 cm³/mol. The molecule has 1 heterocycles. The minimum Gasteiger partial charge on any atom is -0.495 e. The number of halogens is 7. The molecule has 13 nitrogen and oxygen atoms in total. The van der Waals surface area contributed by atoms with Crippen LogP contribution in [-0.4, -0.2) is 66.4 Å². The number of phosphoric acid groups is 1. The highest BCUT2D eigenvalue weighted by molar-refractivity contribution is 7.46. The molecule has 3 aromatic carbocycles. The summed E-state index contributed by atoms with van der Waals surface area (Å²) in [6.07, 6.45) is -5.68. The number of carbonyl (C=O) groups is 3. The van der Waals surface area contributed by atoms with Gasteiger partial charge in [0, 0.05) is 28.0 Å². The molecular formula is C34H31Cl2F5N3O10P. The molecule has 4 rings (SSSR count). The Kier molecular flexibility index (Phi) is 13.3. The van der Waals surface area contributed by atoms with Crippen molar-refractivity contribution in [1.29, 1.82) is 5.26 Å². The van der Waals surface area contributed by atoms with Gasteiger partial charge in [0.2, 0.25) is 12.7 Å². The zero-order valence-electron chi connectivity index (χ0n) is 28.8. The zero-order valence-corrected chi connectivity index (χ0v) is 31.2. The van der Waals surface area contributed by atoms with Crippen molar-refractivity contribution in [3.05, 3.63) is 93.0 Å². The summed E-state index contributed by atoms with van der Waals surface area (Å²) in [6, 6.07) is 9.54. The maximum atomic E-state index is 16.1. The highest BCUT2D eigenvalue weighted by Gasteiger charge is 2.61. The molecule has 1 aliphatic heterocycles. The summed E-state index contributed by atoms with van der Waals surface area (Å²) < 4.78 is 101. The van der Waals surface area contributed by atoms with E-state index >= 15 is 8.78 Å². The number of nitrogens with zero attached hydrogens (tertiary/aromatic N) is 1. The molecule has 55 heavy (non-hydrogen) atoms. The van der Waals surface area contributed by atoms with Crippen LogP contribution in [0.5, 0.6) is 5.75 Å². The Hall–Kier alpha value is -4.34. The van der Waals surface area contributed by atoms with Crippen LogP contribution in [0.3, 0.4) is 0 Å². The Labute approximate surface area is 319 Å². The lowest BCUT2D eigenvalue weighted by Gasteiger charge is -2.38. The molecule has 4 unspecified atom stereocenters. The molecule has 0 aliphatic carbocycles. The first-order valence-electron chi connectivity index (χ1n) is 15.7. The summed E-state index contributed by atoms with van der Waals surface area (Å²) >= 11 is 12.2. The van der Waals surface area contributed by atoms with Crippen LogP contribution in [0.1, 0.15) is 47.7 Å². The first-order valence-corrected chi connectivity index (χ1v) is 18.0. The van der Waals surface area contributed by atoms with Gasteiger partial charge in [-0.2, -0.15) is 18.4 Å². The first kappa shape index (κ1) is 43.4. The molecule has 1 aliphatic rings. The van der Waals surface area contributed by atoms with Crippen molar-refractivity contribution < 1.29 is 69.4 Å². The van der Waals surface area contributed by atoms with Crippen LogP contribution < -0.4 is 15.4 Å². The Morgan fingerprint density at radius 1 is 1.05 bits per heavy atom. The molecule has 4 N–H and O–H groups in total. The monoisotopic (exact) mass is 837 g/mol. The number of carbonyl (C=O) groups excluding carboxylic acids is 3. The van der Waals surface area contributed by atoms with Gasteiger partial charge in [0.1, 0.15) is 22.8 Å². The number of benzene rings is 3. The fourth-order valence-corrected chi connectivity index (χ4v) is 6.79. The summed E-state index contributed by atoms with van der Waals surface area (Å²) in [5.74, 6) is -8.43. The number of hydrogen-bond donors (Lipinski definition) is 4. The zero-order chi connectivity index (χ0) is 41.1. The first-order chi connectivity index (χ1) is 25.5. The minimum atomic E-state index is -5.32. The predicted octanol–water partition coefficient (Wildman–Crippen LogP) is 6.55. The van der Waals surface area contributed by atoms with E-state index < -0.39 is 90.7 Å². The van der Waals surface area contributed by atoms with Gasteiger partial charge in [0.25, 0.3) is 0 Å². The van der Waals surface area contributed by atoms with Gasteiger partial charge in [-0.1, -0.05) is 55.2 Å². The van der Waals surface area contributed by atoms with E-state index in [1.165, 1.54) is 51.3 Å². The van der Waals surface area contributed by atoms with Crippen molar-refractivity contribution >= 4 is 54.6 Å². The second-order valence-corrected chi connectivity index (χ2v) is 15.0. The number of hydrogen-bond acceptors (Lipinski definition) is 10. The second-order valence-electron chi connectivity index (χ2n) is 12.9. The maximum Gasteiger partial charge on any atom is 0.490 e. The number of nitrogens with one attached hydrogen (secondary N) is 2. The molecule has 1 fully saturated rings. The minimum absolute atomic E-state index is 0.0789. The fraction of sp³-hybridized carbons (Fsp3) is 0.353. The van der Waals surface area contributed by atoms with Crippen LogP contribution in [0, 0.1) is 28.4 Å². The molecule has 0 bridgehead atoms. The van der Waals surface area contributed by atoms with Crippen molar-refractivity contribution in [2.75, 3.05) is 25.8 Å². The van der Waals surface area contributed by atoms with Crippen LogP contribution in [0.25, 0.3) is 0 Å². The van der Waals surface area contributed by atoms with E-state index in [0.717, 1.165) is 24.3 Å². The van der Waals surface area contributed by atoms with Crippen LogP contribution in [0.2, 0.25) is 10.0 Å². The van der Waals surface area contributed by atoms with Crippen molar-refractivity contribution in [3.8, 4) is 11.8 Å². The molecule has 3 aromatic rings. The average molecular weight is 839 g/mol. The molecule has 0 saturated carbocycles. The number of amides is 1. The summed E-state index contributed by atoms with van der Waals surface area (Å²) in [7, 11) is -3.79. The Morgan fingerprint density at radius 3 is 2.35 bits per heavy atom. The highest BCUT2D eigenvalue weighted by Crippen LogP contribution is 2.53. The Balaban J connectivity index is 1.83. The summed E-state index contributed by atoms with van der Waals surface area (Å²) in [5.41, 5.74) is -4.61. The van der Waals surface area contributed by atoms with Gasteiger partial charge in [-0.25, -0.2) is 27.5 Å². The molecule has 296 valence electrons. The van der Waals surface area contributed by atoms with Gasteiger partial charge in [0.15, 0.2) is 0 Å². The standard InChI is InChI=1S/C34H31Cl2F5N3O10P/c1-32(2,15-52-31(47)34(39,40)41)13-25-33(14-42,20-9-8-18(35)12-22(20)37)26(19-5-4-6-21(36)27(19)38)28(44-25)29(45)43-23-10-7-17(11-24(23)51-3)30(46)53-16-54-55(48,49)50/h4-12,25-26,28,44H,13,15-16H2,1-3H3,(H,43,45)(H2,48,49,50). The largest absolute Gasteiger partial charge is 0.495 e. The number of nitriles is 1.